The Morgan fingerprint density at radius 1 is 1.33 bits per heavy atom. The van der Waals surface area contributed by atoms with Crippen LogP contribution in [0.5, 0.6) is 5.75 Å². The van der Waals surface area contributed by atoms with E-state index in [1.54, 1.807) is 7.11 Å². The Bertz CT molecular complexity index is 287. The second-order valence-corrected chi connectivity index (χ2v) is 3.39. The van der Waals surface area contributed by atoms with Gasteiger partial charge in [0, 0.05) is 0 Å². The van der Waals surface area contributed by atoms with Gasteiger partial charge in [0.15, 0.2) is 0 Å². The number of methoxy groups -OCH3 is 1. The lowest BCUT2D eigenvalue weighted by atomic mass is 10.1. The van der Waals surface area contributed by atoms with E-state index in [2.05, 4.69) is 19.1 Å². The summed E-state index contributed by atoms with van der Waals surface area (Å²) in [5.41, 5.74) is 2.44. The first kappa shape index (κ1) is 7.66. The highest BCUT2D eigenvalue weighted by Gasteiger charge is 2.23. The first-order valence-corrected chi connectivity index (χ1v) is 4.30. The van der Waals surface area contributed by atoms with Crippen molar-refractivity contribution in [2.24, 2.45) is 0 Å². The van der Waals surface area contributed by atoms with Crippen molar-refractivity contribution in [3.63, 3.8) is 0 Å². The molecule has 12 heavy (non-hydrogen) atoms. The van der Waals surface area contributed by atoms with Crippen LogP contribution in [0.15, 0.2) is 18.2 Å². The van der Waals surface area contributed by atoms with Crippen LogP contribution in [0.3, 0.4) is 0 Å². The van der Waals surface area contributed by atoms with E-state index in [-0.39, 0.29) is 0 Å². The predicted octanol–water partition coefficient (Wildman–Crippen LogP) is 2.75. The molecule has 0 aromatic heterocycles. The van der Waals surface area contributed by atoms with Crippen molar-refractivity contribution in [2.45, 2.75) is 18.8 Å². The molecule has 1 aromatic rings. The van der Waals surface area contributed by atoms with Gasteiger partial charge in [0.2, 0.25) is 0 Å². The minimum Gasteiger partial charge on any atom is -0.497 e. The molecule has 1 aromatic carbocycles. The topological polar surface area (TPSA) is 9.23 Å². The van der Waals surface area contributed by atoms with Crippen LogP contribution in [0.2, 0.25) is 0 Å². The van der Waals surface area contributed by atoms with Crippen molar-refractivity contribution in [1.29, 1.82) is 0 Å². The Morgan fingerprint density at radius 2 is 2.08 bits per heavy atom. The minimum absolute atomic E-state index is 0.778. The molecule has 2 rings (SSSR count). The fourth-order valence-electron chi connectivity index (χ4n) is 1.46. The van der Waals surface area contributed by atoms with Gasteiger partial charge in [0.25, 0.3) is 0 Å². The molecule has 1 saturated carbocycles. The lowest BCUT2D eigenvalue weighted by Gasteiger charge is -2.04. The zero-order valence-corrected chi connectivity index (χ0v) is 7.34. The van der Waals surface area contributed by atoms with Crippen molar-refractivity contribution in [3.05, 3.63) is 36.2 Å². The van der Waals surface area contributed by atoms with Crippen LogP contribution >= 0.6 is 0 Å². The summed E-state index contributed by atoms with van der Waals surface area (Å²) in [4.78, 5) is 0. The molecule has 0 spiro atoms. The third-order valence-electron chi connectivity index (χ3n) is 2.27. The van der Waals surface area contributed by atoms with Crippen LogP contribution in [0, 0.1) is 6.92 Å². The largest absolute Gasteiger partial charge is 0.497 e. The number of hydrogen-bond donors (Lipinski definition) is 0. The Kier molecular flexibility index (Phi) is 1.80. The SMILES string of the molecule is [CH2]c1cc(OC)cc(C2CC2)c1. The average molecular weight is 161 g/mol. The first-order valence-electron chi connectivity index (χ1n) is 4.30. The third kappa shape index (κ3) is 1.45. The summed E-state index contributed by atoms with van der Waals surface area (Å²) in [5.74, 6) is 1.71. The van der Waals surface area contributed by atoms with Crippen LogP contribution in [-0.2, 0) is 0 Å². The molecule has 1 radical (unpaired) electrons. The lowest BCUT2D eigenvalue weighted by molar-refractivity contribution is 0.414. The van der Waals surface area contributed by atoms with Gasteiger partial charge in [-0.15, -0.1) is 0 Å². The zero-order chi connectivity index (χ0) is 8.55. The maximum Gasteiger partial charge on any atom is 0.119 e. The highest BCUT2D eigenvalue weighted by molar-refractivity contribution is 5.38. The smallest absolute Gasteiger partial charge is 0.119 e. The molecule has 0 N–H and O–H groups in total. The van der Waals surface area contributed by atoms with Crippen molar-refractivity contribution in [3.8, 4) is 5.75 Å². The maximum atomic E-state index is 5.17. The number of hydrogen-bond acceptors (Lipinski definition) is 1. The van der Waals surface area contributed by atoms with Gasteiger partial charge in [0.05, 0.1) is 7.11 Å². The van der Waals surface area contributed by atoms with E-state index in [4.69, 9.17) is 4.74 Å². The highest BCUT2D eigenvalue weighted by Crippen LogP contribution is 2.41. The standard InChI is InChI=1S/C11H13O/c1-8-5-10(9-3-4-9)7-11(6-8)12-2/h5-7,9H,1,3-4H2,2H3. The van der Waals surface area contributed by atoms with Crippen LogP contribution < -0.4 is 4.74 Å². The van der Waals surface area contributed by atoms with Gasteiger partial charge in [0.1, 0.15) is 5.75 Å². The quantitative estimate of drug-likeness (QED) is 0.648. The van der Waals surface area contributed by atoms with E-state index in [9.17, 15) is 0 Å². The average Bonchev–Trinajstić information content (AvgIpc) is 2.85. The molecule has 1 aliphatic rings. The monoisotopic (exact) mass is 161 g/mol. The van der Waals surface area contributed by atoms with E-state index in [0.717, 1.165) is 17.2 Å². The zero-order valence-electron chi connectivity index (χ0n) is 7.34. The van der Waals surface area contributed by atoms with Crippen LogP contribution in [0.1, 0.15) is 29.9 Å². The van der Waals surface area contributed by atoms with E-state index in [0.29, 0.717) is 0 Å². The van der Waals surface area contributed by atoms with Gasteiger partial charge in [-0.2, -0.15) is 0 Å². The Balaban J connectivity index is 2.34. The Morgan fingerprint density at radius 3 is 2.67 bits per heavy atom. The van der Waals surface area contributed by atoms with Crippen LogP contribution in [0.25, 0.3) is 0 Å². The van der Waals surface area contributed by atoms with E-state index >= 15 is 0 Å². The summed E-state index contributed by atoms with van der Waals surface area (Å²) in [6.45, 7) is 3.92. The molecule has 1 heteroatoms. The predicted molar refractivity (Wildman–Crippen MR) is 49.4 cm³/mol. The van der Waals surface area contributed by atoms with Gasteiger partial charge >= 0.3 is 0 Å². The van der Waals surface area contributed by atoms with E-state index in [1.807, 2.05) is 6.07 Å². The maximum absolute atomic E-state index is 5.17. The summed E-state index contributed by atoms with van der Waals surface area (Å²) in [6.07, 6.45) is 2.65. The van der Waals surface area contributed by atoms with Crippen molar-refractivity contribution < 1.29 is 4.74 Å². The van der Waals surface area contributed by atoms with Crippen molar-refractivity contribution >= 4 is 0 Å². The molecule has 63 valence electrons. The molecule has 0 unspecified atom stereocenters. The fourth-order valence-corrected chi connectivity index (χ4v) is 1.46. The summed E-state index contributed by atoms with van der Waals surface area (Å²) in [6, 6.07) is 6.23. The van der Waals surface area contributed by atoms with Crippen LogP contribution in [-0.4, -0.2) is 7.11 Å². The third-order valence-corrected chi connectivity index (χ3v) is 2.27. The van der Waals surface area contributed by atoms with Gasteiger partial charge in [-0.05, 0) is 48.9 Å². The normalized spacial score (nSPS) is 16.2. The molecule has 0 amide bonds. The summed E-state index contributed by atoms with van der Waals surface area (Å²) in [7, 11) is 1.70. The van der Waals surface area contributed by atoms with Crippen molar-refractivity contribution in [2.75, 3.05) is 7.11 Å². The first-order chi connectivity index (χ1) is 5.79. The second-order valence-electron chi connectivity index (χ2n) is 3.39. The number of ether oxygens (including phenoxy) is 1. The fraction of sp³-hybridized carbons (Fsp3) is 0.364. The van der Waals surface area contributed by atoms with E-state index in [1.165, 1.54) is 18.4 Å². The number of benzene rings is 1. The molecule has 0 aliphatic heterocycles. The molecule has 0 atom stereocenters. The number of rotatable bonds is 2. The van der Waals surface area contributed by atoms with E-state index < -0.39 is 0 Å². The Hall–Kier alpha value is -0.980. The molecule has 1 nitrogen and oxygen atoms in total. The Labute approximate surface area is 73.4 Å². The van der Waals surface area contributed by atoms with Gasteiger partial charge in [-0.3, -0.25) is 0 Å². The molecule has 1 aliphatic carbocycles. The lowest BCUT2D eigenvalue weighted by Crippen LogP contribution is -1.87. The molecule has 0 heterocycles. The molecular formula is C11H13O. The molecular weight excluding hydrogens is 148 g/mol. The molecule has 0 bridgehead atoms. The van der Waals surface area contributed by atoms with Gasteiger partial charge < -0.3 is 4.74 Å². The molecule has 1 fully saturated rings. The minimum atomic E-state index is 0.778. The highest BCUT2D eigenvalue weighted by atomic mass is 16.5. The summed E-state index contributed by atoms with van der Waals surface area (Å²) in [5, 5.41) is 0. The van der Waals surface area contributed by atoms with Gasteiger partial charge in [-0.1, -0.05) is 6.07 Å². The van der Waals surface area contributed by atoms with Crippen molar-refractivity contribution in [1.82, 2.24) is 0 Å². The molecule has 0 saturated heterocycles. The van der Waals surface area contributed by atoms with Gasteiger partial charge in [-0.25, -0.2) is 0 Å². The van der Waals surface area contributed by atoms with Crippen LogP contribution in [0.4, 0.5) is 0 Å². The summed E-state index contributed by atoms with van der Waals surface area (Å²) >= 11 is 0. The summed E-state index contributed by atoms with van der Waals surface area (Å²) < 4.78 is 5.17. The second kappa shape index (κ2) is 2.81.